The van der Waals surface area contributed by atoms with E-state index in [1.54, 1.807) is 16.4 Å². The van der Waals surface area contributed by atoms with Crippen LogP contribution in [-0.2, 0) is 11.2 Å². The lowest BCUT2D eigenvalue weighted by Crippen LogP contribution is -2.42. The minimum atomic E-state index is -1.17. The molecular formula is C9H11FN2OS. The topological polar surface area (TPSA) is 32.3 Å². The maximum absolute atomic E-state index is 12.6. The van der Waals surface area contributed by atoms with Gasteiger partial charge in [-0.15, -0.1) is 0 Å². The standard InChI is InChI=1S/C9H11FN2OS/c10-8-2-4-9(5-3-8)12-7-1-6-11-14(12)13/h2-5,11H,1,6-7H2. The van der Waals surface area contributed by atoms with Gasteiger partial charge in [-0.1, -0.05) is 0 Å². The molecule has 1 atom stereocenters. The van der Waals surface area contributed by atoms with Gasteiger partial charge in [0.25, 0.3) is 0 Å². The first-order valence-electron chi connectivity index (χ1n) is 4.46. The third-order valence-corrected chi connectivity index (χ3v) is 3.32. The fraction of sp³-hybridized carbons (Fsp3) is 0.333. The second-order valence-corrected chi connectivity index (χ2v) is 4.30. The summed E-state index contributed by atoms with van der Waals surface area (Å²) in [5, 5.41) is 0. The highest BCUT2D eigenvalue weighted by Gasteiger charge is 2.17. The Labute approximate surface area is 84.6 Å². The van der Waals surface area contributed by atoms with E-state index in [9.17, 15) is 8.60 Å². The maximum Gasteiger partial charge on any atom is 0.196 e. The quantitative estimate of drug-likeness (QED) is 0.748. The van der Waals surface area contributed by atoms with Crippen LogP contribution in [0.25, 0.3) is 0 Å². The van der Waals surface area contributed by atoms with Crippen LogP contribution < -0.4 is 9.03 Å². The van der Waals surface area contributed by atoms with Crippen molar-refractivity contribution in [1.29, 1.82) is 0 Å². The molecule has 1 aromatic carbocycles. The molecule has 0 aliphatic carbocycles. The third kappa shape index (κ3) is 1.93. The van der Waals surface area contributed by atoms with Crippen molar-refractivity contribution in [1.82, 2.24) is 4.72 Å². The lowest BCUT2D eigenvalue weighted by molar-refractivity contribution is 0.626. The summed E-state index contributed by atoms with van der Waals surface area (Å²) in [5.41, 5.74) is 0.789. The second-order valence-electron chi connectivity index (χ2n) is 3.08. The number of benzene rings is 1. The van der Waals surface area contributed by atoms with Gasteiger partial charge in [-0.25, -0.2) is 13.3 Å². The molecule has 1 aliphatic rings. The van der Waals surface area contributed by atoms with E-state index in [0.717, 1.165) is 25.2 Å². The molecule has 3 nitrogen and oxygen atoms in total. The molecule has 0 aromatic heterocycles. The summed E-state index contributed by atoms with van der Waals surface area (Å²) in [6, 6.07) is 6.03. The summed E-state index contributed by atoms with van der Waals surface area (Å²) in [5.74, 6) is -0.274. The zero-order chi connectivity index (χ0) is 9.97. The molecule has 0 amide bonds. The molecule has 1 unspecified atom stereocenters. The molecule has 1 saturated heterocycles. The van der Waals surface area contributed by atoms with Gasteiger partial charge in [0.2, 0.25) is 0 Å². The Morgan fingerprint density at radius 2 is 2.07 bits per heavy atom. The molecule has 1 fully saturated rings. The number of anilines is 1. The van der Waals surface area contributed by atoms with Gasteiger partial charge in [-0.3, -0.25) is 4.31 Å². The smallest absolute Gasteiger partial charge is 0.196 e. The number of halogens is 1. The van der Waals surface area contributed by atoms with Crippen molar-refractivity contribution in [2.75, 3.05) is 17.4 Å². The molecule has 0 spiro atoms. The van der Waals surface area contributed by atoms with Crippen molar-refractivity contribution >= 4 is 16.9 Å². The Kier molecular flexibility index (Phi) is 2.79. The molecule has 0 bridgehead atoms. The Morgan fingerprint density at radius 1 is 1.36 bits per heavy atom. The largest absolute Gasteiger partial charge is 0.279 e. The molecule has 0 radical (unpaired) electrons. The van der Waals surface area contributed by atoms with E-state index < -0.39 is 11.2 Å². The van der Waals surface area contributed by atoms with Crippen molar-refractivity contribution in [3.05, 3.63) is 30.1 Å². The number of nitrogens with one attached hydrogen (secondary N) is 1. The summed E-state index contributed by atoms with van der Waals surface area (Å²) >= 11 is -1.17. The van der Waals surface area contributed by atoms with Gasteiger partial charge in [-0.2, -0.15) is 0 Å². The molecule has 1 N–H and O–H groups in total. The monoisotopic (exact) mass is 214 g/mol. The zero-order valence-corrected chi connectivity index (χ0v) is 8.39. The van der Waals surface area contributed by atoms with Gasteiger partial charge < -0.3 is 0 Å². The first kappa shape index (κ1) is 9.61. The van der Waals surface area contributed by atoms with Gasteiger partial charge >= 0.3 is 0 Å². The Morgan fingerprint density at radius 3 is 2.71 bits per heavy atom. The first-order valence-corrected chi connectivity index (χ1v) is 5.56. The van der Waals surface area contributed by atoms with E-state index >= 15 is 0 Å². The van der Waals surface area contributed by atoms with Crippen LogP contribution in [0, 0.1) is 5.82 Å². The lowest BCUT2D eigenvalue weighted by atomic mass is 10.3. The van der Waals surface area contributed by atoms with Crippen LogP contribution in [0.3, 0.4) is 0 Å². The SMILES string of the molecule is O=S1NCCCN1c1ccc(F)cc1. The van der Waals surface area contributed by atoms with Gasteiger partial charge in [-0.05, 0) is 30.7 Å². The van der Waals surface area contributed by atoms with E-state index in [4.69, 9.17) is 0 Å². The van der Waals surface area contributed by atoms with Crippen LogP contribution in [0.2, 0.25) is 0 Å². The van der Waals surface area contributed by atoms with Crippen LogP contribution in [0.15, 0.2) is 24.3 Å². The van der Waals surface area contributed by atoms with E-state index in [0.29, 0.717) is 0 Å². The van der Waals surface area contributed by atoms with E-state index in [2.05, 4.69) is 4.72 Å². The van der Waals surface area contributed by atoms with E-state index in [1.165, 1.54) is 12.1 Å². The predicted octanol–water partition coefficient (Wildman–Crippen LogP) is 1.20. The minimum Gasteiger partial charge on any atom is -0.279 e. The second kappa shape index (κ2) is 4.06. The normalized spacial score (nSPS) is 22.4. The number of hydrogen-bond donors (Lipinski definition) is 1. The number of rotatable bonds is 1. The van der Waals surface area contributed by atoms with Crippen LogP contribution in [0.5, 0.6) is 0 Å². The maximum atomic E-state index is 12.6. The van der Waals surface area contributed by atoms with Crippen LogP contribution in [-0.4, -0.2) is 17.3 Å². The average molecular weight is 214 g/mol. The fourth-order valence-electron chi connectivity index (χ4n) is 1.38. The summed E-state index contributed by atoms with van der Waals surface area (Å²) in [6.07, 6.45) is 0.948. The highest BCUT2D eigenvalue weighted by molar-refractivity contribution is 7.84. The van der Waals surface area contributed by atoms with Crippen LogP contribution in [0.4, 0.5) is 10.1 Å². The first-order chi connectivity index (χ1) is 6.77. The number of nitrogens with zero attached hydrogens (tertiary/aromatic N) is 1. The van der Waals surface area contributed by atoms with E-state index in [1.807, 2.05) is 0 Å². The Balaban J connectivity index is 2.20. The van der Waals surface area contributed by atoms with Crippen molar-refractivity contribution in [2.24, 2.45) is 0 Å². The van der Waals surface area contributed by atoms with Crippen LogP contribution in [0.1, 0.15) is 6.42 Å². The lowest BCUT2D eigenvalue weighted by Gasteiger charge is -2.27. The van der Waals surface area contributed by atoms with Crippen LogP contribution >= 0.6 is 0 Å². The summed E-state index contributed by atoms with van der Waals surface area (Å²) < 4.78 is 28.7. The molecular weight excluding hydrogens is 203 g/mol. The van der Waals surface area contributed by atoms with Gasteiger partial charge in [0, 0.05) is 13.1 Å². The van der Waals surface area contributed by atoms with E-state index in [-0.39, 0.29) is 5.82 Å². The van der Waals surface area contributed by atoms with Crippen molar-refractivity contribution in [3.63, 3.8) is 0 Å². The molecule has 0 saturated carbocycles. The molecule has 76 valence electrons. The fourth-order valence-corrected chi connectivity index (χ4v) is 2.46. The zero-order valence-electron chi connectivity index (χ0n) is 7.57. The minimum absolute atomic E-state index is 0.274. The molecule has 14 heavy (non-hydrogen) atoms. The Hall–Kier alpha value is -0.940. The van der Waals surface area contributed by atoms with Gasteiger partial charge in [0.05, 0.1) is 5.69 Å². The summed E-state index contributed by atoms with van der Waals surface area (Å²) in [6.45, 7) is 1.51. The average Bonchev–Trinajstić information content (AvgIpc) is 2.20. The highest BCUT2D eigenvalue weighted by Crippen LogP contribution is 2.17. The van der Waals surface area contributed by atoms with Crippen molar-refractivity contribution in [2.45, 2.75) is 6.42 Å². The third-order valence-electron chi connectivity index (χ3n) is 2.08. The molecule has 1 heterocycles. The van der Waals surface area contributed by atoms with Crippen molar-refractivity contribution < 1.29 is 8.60 Å². The molecule has 1 aliphatic heterocycles. The van der Waals surface area contributed by atoms with Crippen molar-refractivity contribution in [3.8, 4) is 0 Å². The highest BCUT2D eigenvalue weighted by atomic mass is 32.2. The van der Waals surface area contributed by atoms with Gasteiger partial charge in [0.15, 0.2) is 11.2 Å². The summed E-state index contributed by atoms with van der Waals surface area (Å²) in [7, 11) is 0. The molecule has 5 heteroatoms. The molecule has 2 rings (SSSR count). The summed E-state index contributed by atoms with van der Waals surface area (Å²) in [4.78, 5) is 0. The predicted molar refractivity (Wildman–Crippen MR) is 54.5 cm³/mol. The Bertz CT molecular complexity index is 341. The van der Waals surface area contributed by atoms with Gasteiger partial charge in [0.1, 0.15) is 5.82 Å². The number of hydrogen-bond acceptors (Lipinski definition) is 1. The molecule has 1 aromatic rings.